The molecule has 0 aromatic heterocycles. The number of hydrogen-bond acceptors (Lipinski definition) is 4. The number of sulfonamides is 1. The summed E-state index contributed by atoms with van der Waals surface area (Å²) in [6, 6.07) is 9.47. The minimum atomic E-state index is -3.80. The Balaban J connectivity index is 2.51. The second kappa shape index (κ2) is 12.1. The van der Waals surface area contributed by atoms with E-state index in [-0.39, 0.29) is 18.5 Å². The first-order chi connectivity index (χ1) is 16.2. The molecule has 0 saturated carbocycles. The Kier molecular flexibility index (Phi) is 10.0. The van der Waals surface area contributed by atoms with Gasteiger partial charge in [-0.15, -0.1) is 0 Å². The fourth-order valence-electron chi connectivity index (χ4n) is 3.72. The van der Waals surface area contributed by atoms with Crippen molar-refractivity contribution in [2.24, 2.45) is 0 Å². The highest BCUT2D eigenvalue weighted by molar-refractivity contribution is 7.92. The lowest BCUT2D eigenvalue weighted by Crippen LogP contribution is -2.53. The van der Waals surface area contributed by atoms with Gasteiger partial charge in [0.05, 0.1) is 22.0 Å². The number of carbonyl (C=O) groups is 2. The molecule has 2 aromatic carbocycles. The van der Waals surface area contributed by atoms with E-state index in [9.17, 15) is 18.0 Å². The van der Waals surface area contributed by atoms with Crippen LogP contribution in [0.25, 0.3) is 0 Å². The SMILES string of the molecule is CC[C@H](C(=O)NC(C)C)N(Cc1ccc(Cl)c(Cl)c1)C(=O)CN(c1cc(C)ccc1C)S(C)(=O)=O. The summed E-state index contributed by atoms with van der Waals surface area (Å²) in [6.45, 7) is 8.73. The van der Waals surface area contributed by atoms with Gasteiger partial charge in [-0.1, -0.05) is 48.3 Å². The van der Waals surface area contributed by atoms with Gasteiger partial charge in [-0.2, -0.15) is 0 Å². The zero-order chi connectivity index (χ0) is 26.5. The molecule has 1 atom stereocenters. The summed E-state index contributed by atoms with van der Waals surface area (Å²) in [4.78, 5) is 28.1. The van der Waals surface area contributed by atoms with Gasteiger partial charge in [0.1, 0.15) is 12.6 Å². The Morgan fingerprint density at radius 2 is 1.69 bits per heavy atom. The molecule has 1 N–H and O–H groups in total. The number of aryl methyl sites for hydroxylation is 2. The van der Waals surface area contributed by atoms with Crippen LogP contribution in [-0.4, -0.2) is 50.0 Å². The highest BCUT2D eigenvalue weighted by atomic mass is 35.5. The van der Waals surface area contributed by atoms with Crippen LogP contribution in [0.1, 0.15) is 43.9 Å². The average molecular weight is 543 g/mol. The number of benzene rings is 2. The summed E-state index contributed by atoms with van der Waals surface area (Å²) in [5.41, 5.74) is 2.67. The minimum Gasteiger partial charge on any atom is -0.352 e. The van der Waals surface area contributed by atoms with Crippen LogP contribution < -0.4 is 9.62 Å². The Labute approximate surface area is 218 Å². The van der Waals surface area contributed by atoms with Gasteiger partial charge in [0, 0.05) is 12.6 Å². The van der Waals surface area contributed by atoms with Crippen molar-refractivity contribution >= 4 is 50.7 Å². The lowest BCUT2D eigenvalue weighted by Gasteiger charge is -2.33. The maximum Gasteiger partial charge on any atom is 0.244 e. The van der Waals surface area contributed by atoms with Gasteiger partial charge in [0.15, 0.2) is 0 Å². The van der Waals surface area contributed by atoms with Crippen molar-refractivity contribution in [3.8, 4) is 0 Å². The predicted octanol–water partition coefficient (Wildman–Crippen LogP) is 4.71. The van der Waals surface area contributed by atoms with Gasteiger partial charge < -0.3 is 10.2 Å². The number of carbonyl (C=O) groups excluding carboxylic acids is 2. The molecule has 2 aromatic rings. The van der Waals surface area contributed by atoms with Crippen LogP contribution in [0.4, 0.5) is 5.69 Å². The number of rotatable bonds is 10. The second-order valence-electron chi connectivity index (χ2n) is 8.92. The van der Waals surface area contributed by atoms with Crippen molar-refractivity contribution in [1.82, 2.24) is 10.2 Å². The Morgan fingerprint density at radius 1 is 1.03 bits per heavy atom. The number of anilines is 1. The molecule has 0 radical (unpaired) electrons. The fraction of sp³-hybridized carbons (Fsp3) is 0.440. The van der Waals surface area contributed by atoms with E-state index in [2.05, 4.69) is 5.32 Å². The van der Waals surface area contributed by atoms with E-state index in [0.29, 0.717) is 27.7 Å². The molecule has 0 aliphatic carbocycles. The Hall–Kier alpha value is -2.29. The molecule has 0 aliphatic rings. The maximum atomic E-state index is 13.7. The first-order valence-electron chi connectivity index (χ1n) is 11.3. The molecule has 7 nitrogen and oxygen atoms in total. The van der Waals surface area contributed by atoms with Gasteiger partial charge in [-0.25, -0.2) is 8.42 Å². The largest absolute Gasteiger partial charge is 0.352 e. The molecule has 192 valence electrons. The van der Waals surface area contributed by atoms with Gasteiger partial charge >= 0.3 is 0 Å². The summed E-state index contributed by atoms with van der Waals surface area (Å²) < 4.78 is 26.6. The zero-order valence-corrected chi connectivity index (χ0v) is 23.3. The Morgan fingerprint density at radius 3 is 2.23 bits per heavy atom. The molecule has 35 heavy (non-hydrogen) atoms. The molecule has 10 heteroatoms. The van der Waals surface area contributed by atoms with E-state index in [4.69, 9.17) is 23.2 Å². The first kappa shape index (κ1) is 28.9. The van der Waals surface area contributed by atoms with E-state index >= 15 is 0 Å². The van der Waals surface area contributed by atoms with Crippen LogP contribution >= 0.6 is 23.2 Å². The summed E-state index contributed by atoms with van der Waals surface area (Å²) in [6.07, 6.45) is 1.40. The zero-order valence-electron chi connectivity index (χ0n) is 20.9. The maximum absolute atomic E-state index is 13.7. The normalized spacial score (nSPS) is 12.4. The molecular formula is C25H33Cl2N3O4S. The smallest absolute Gasteiger partial charge is 0.244 e. The van der Waals surface area contributed by atoms with Crippen LogP contribution in [-0.2, 0) is 26.2 Å². The van der Waals surface area contributed by atoms with E-state index in [1.165, 1.54) is 4.90 Å². The van der Waals surface area contributed by atoms with Crippen molar-refractivity contribution in [3.63, 3.8) is 0 Å². The molecular weight excluding hydrogens is 509 g/mol. The van der Waals surface area contributed by atoms with Crippen molar-refractivity contribution < 1.29 is 18.0 Å². The Bertz CT molecular complexity index is 1190. The fourth-order valence-corrected chi connectivity index (χ4v) is 4.94. The topological polar surface area (TPSA) is 86.8 Å². The van der Waals surface area contributed by atoms with Gasteiger partial charge in [0.2, 0.25) is 21.8 Å². The van der Waals surface area contributed by atoms with Crippen LogP contribution in [0, 0.1) is 13.8 Å². The number of nitrogens with zero attached hydrogens (tertiary/aromatic N) is 2. The van der Waals surface area contributed by atoms with Crippen molar-refractivity contribution in [2.45, 2.75) is 59.7 Å². The first-order valence-corrected chi connectivity index (χ1v) is 13.9. The van der Waals surface area contributed by atoms with Crippen LogP contribution in [0.2, 0.25) is 10.0 Å². The number of hydrogen-bond donors (Lipinski definition) is 1. The van der Waals surface area contributed by atoms with Gasteiger partial charge in [-0.3, -0.25) is 13.9 Å². The van der Waals surface area contributed by atoms with E-state index in [1.807, 2.05) is 32.9 Å². The summed E-state index contributed by atoms with van der Waals surface area (Å²) in [5.74, 6) is -0.818. The molecule has 0 spiro atoms. The average Bonchev–Trinajstić information content (AvgIpc) is 2.74. The highest BCUT2D eigenvalue weighted by Crippen LogP contribution is 2.26. The molecule has 0 heterocycles. The minimum absolute atomic E-state index is 0.0597. The summed E-state index contributed by atoms with van der Waals surface area (Å²) >= 11 is 12.2. The van der Waals surface area contributed by atoms with Gasteiger partial charge in [-0.05, 0) is 69.0 Å². The number of amides is 2. The molecule has 2 amide bonds. The van der Waals surface area contributed by atoms with E-state index < -0.39 is 28.5 Å². The quantitative estimate of drug-likeness (QED) is 0.471. The second-order valence-corrected chi connectivity index (χ2v) is 11.6. The third-order valence-electron chi connectivity index (χ3n) is 5.47. The number of nitrogens with one attached hydrogen (secondary N) is 1. The molecule has 0 unspecified atom stereocenters. The molecule has 0 fully saturated rings. The lowest BCUT2D eigenvalue weighted by molar-refractivity contribution is -0.140. The van der Waals surface area contributed by atoms with Gasteiger partial charge in [0.25, 0.3) is 0 Å². The van der Waals surface area contributed by atoms with Crippen LogP contribution in [0.3, 0.4) is 0 Å². The van der Waals surface area contributed by atoms with Crippen molar-refractivity contribution in [1.29, 1.82) is 0 Å². The van der Waals surface area contributed by atoms with E-state index in [1.54, 1.807) is 38.1 Å². The summed E-state index contributed by atoms with van der Waals surface area (Å²) in [5, 5.41) is 3.55. The monoisotopic (exact) mass is 541 g/mol. The molecule has 0 aliphatic heterocycles. The standard InChI is InChI=1S/C25H33Cl2N3O4S/c1-7-22(25(32)28-16(2)3)29(14-19-10-11-20(26)21(27)13-19)24(31)15-30(35(6,33)34)23-12-17(4)8-9-18(23)5/h8-13,16,22H,7,14-15H2,1-6H3,(H,28,32)/t22-/m1/s1. The van der Waals surface area contributed by atoms with Crippen molar-refractivity contribution in [3.05, 3.63) is 63.1 Å². The van der Waals surface area contributed by atoms with Crippen LogP contribution in [0.5, 0.6) is 0 Å². The molecule has 0 saturated heterocycles. The van der Waals surface area contributed by atoms with E-state index in [0.717, 1.165) is 21.7 Å². The summed E-state index contributed by atoms with van der Waals surface area (Å²) in [7, 11) is -3.80. The predicted molar refractivity (Wildman–Crippen MR) is 142 cm³/mol. The number of halogens is 2. The lowest BCUT2D eigenvalue weighted by atomic mass is 10.1. The highest BCUT2D eigenvalue weighted by Gasteiger charge is 2.32. The molecule has 0 bridgehead atoms. The van der Waals surface area contributed by atoms with Crippen LogP contribution in [0.15, 0.2) is 36.4 Å². The third-order valence-corrected chi connectivity index (χ3v) is 7.33. The van der Waals surface area contributed by atoms with Crippen molar-refractivity contribution in [2.75, 3.05) is 17.1 Å². The third kappa shape index (κ3) is 7.85. The molecule has 2 rings (SSSR count).